The fourth-order valence-corrected chi connectivity index (χ4v) is 2.40. The predicted octanol–water partition coefficient (Wildman–Crippen LogP) is 1.79. The van der Waals surface area contributed by atoms with Crippen molar-refractivity contribution in [1.29, 1.82) is 0 Å². The zero-order valence-electron chi connectivity index (χ0n) is 11.7. The van der Waals surface area contributed by atoms with Gasteiger partial charge in [-0.3, -0.25) is 4.79 Å². The minimum absolute atomic E-state index is 0.0406. The van der Waals surface area contributed by atoms with Gasteiger partial charge in [-0.15, -0.1) is 6.58 Å². The largest absolute Gasteiger partial charge is 0.406 e. The highest BCUT2D eigenvalue weighted by molar-refractivity contribution is 7.89. The maximum Gasteiger partial charge on any atom is 0.406 e. The topological polar surface area (TPSA) is 66.5 Å². The van der Waals surface area contributed by atoms with Gasteiger partial charge in [0.2, 0.25) is 10.0 Å². The van der Waals surface area contributed by atoms with E-state index in [1.807, 2.05) is 0 Å². The average molecular weight is 336 g/mol. The summed E-state index contributed by atoms with van der Waals surface area (Å²) in [6, 6.07) is 4.63. The van der Waals surface area contributed by atoms with Gasteiger partial charge in [0.05, 0.1) is 4.90 Å². The Bertz CT molecular complexity index is 639. The first kappa shape index (κ1) is 18.2. The minimum atomic E-state index is -4.53. The van der Waals surface area contributed by atoms with E-state index in [0.29, 0.717) is 4.90 Å². The molecule has 0 aliphatic carbocycles. The van der Waals surface area contributed by atoms with Crippen LogP contribution in [-0.2, 0) is 10.0 Å². The highest BCUT2D eigenvalue weighted by Gasteiger charge is 2.32. The zero-order chi connectivity index (χ0) is 17.0. The molecule has 0 aromatic heterocycles. The molecule has 0 saturated carbocycles. The number of halogens is 3. The first-order valence-electron chi connectivity index (χ1n) is 6.11. The summed E-state index contributed by atoms with van der Waals surface area (Å²) in [5.74, 6) is -0.856. The molecule has 22 heavy (non-hydrogen) atoms. The van der Waals surface area contributed by atoms with Crippen LogP contribution in [0.3, 0.4) is 0 Å². The van der Waals surface area contributed by atoms with E-state index in [4.69, 9.17) is 0 Å². The maximum atomic E-state index is 12.5. The predicted molar refractivity (Wildman–Crippen MR) is 74.8 cm³/mol. The molecule has 0 heterocycles. The lowest BCUT2D eigenvalue weighted by Crippen LogP contribution is -2.39. The number of sulfonamides is 1. The smallest absolute Gasteiger partial charge is 0.326 e. The van der Waals surface area contributed by atoms with E-state index in [-0.39, 0.29) is 17.0 Å². The molecule has 1 aromatic rings. The number of amides is 1. The summed E-state index contributed by atoms with van der Waals surface area (Å²) >= 11 is 0. The summed E-state index contributed by atoms with van der Waals surface area (Å²) in [5.41, 5.74) is -0.0406. The highest BCUT2D eigenvalue weighted by atomic mass is 32.2. The number of carbonyl (C=O) groups is 1. The quantitative estimate of drug-likeness (QED) is 0.806. The molecule has 0 saturated heterocycles. The third-order valence-corrected chi connectivity index (χ3v) is 4.12. The molecule has 5 nitrogen and oxygen atoms in total. The van der Waals surface area contributed by atoms with Gasteiger partial charge in [-0.2, -0.15) is 13.2 Å². The van der Waals surface area contributed by atoms with Crippen molar-refractivity contribution in [2.24, 2.45) is 0 Å². The zero-order valence-corrected chi connectivity index (χ0v) is 12.5. The molecule has 0 fully saturated rings. The fraction of sp³-hybridized carbons (Fsp3) is 0.308. The van der Waals surface area contributed by atoms with Gasteiger partial charge < -0.3 is 4.90 Å². The van der Waals surface area contributed by atoms with Gasteiger partial charge >= 0.3 is 6.18 Å². The number of hydrogen-bond donors (Lipinski definition) is 1. The van der Waals surface area contributed by atoms with Crippen molar-refractivity contribution in [1.82, 2.24) is 9.62 Å². The lowest BCUT2D eigenvalue weighted by Gasteiger charge is -2.22. The van der Waals surface area contributed by atoms with Crippen LogP contribution < -0.4 is 4.72 Å². The summed E-state index contributed by atoms with van der Waals surface area (Å²) < 4.78 is 62.5. The Hall–Kier alpha value is -1.87. The molecule has 0 unspecified atom stereocenters. The van der Waals surface area contributed by atoms with Crippen LogP contribution in [0.1, 0.15) is 10.4 Å². The van der Waals surface area contributed by atoms with Gasteiger partial charge in [0.25, 0.3) is 5.91 Å². The third-order valence-electron chi connectivity index (χ3n) is 2.69. The van der Waals surface area contributed by atoms with Crippen molar-refractivity contribution in [3.8, 4) is 0 Å². The molecule has 9 heteroatoms. The van der Waals surface area contributed by atoms with E-state index >= 15 is 0 Å². The Kier molecular flexibility index (Phi) is 5.72. The molecule has 1 N–H and O–H groups in total. The van der Waals surface area contributed by atoms with Gasteiger partial charge in [-0.05, 0) is 31.3 Å². The second-order valence-electron chi connectivity index (χ2n) is 4.32. The summed E-state index contributed by atoms with van der Waals surface area (Å²) in [4.78, 5) is 12.5. The number of benzene rings is 1. The van der Waals surface area contributed by atoms with E-state index < -0.39 is 28.7 Å². The second-order valence-corrected chi connectivity index (χ2v) is 6.21. The lowest BCUT2D eigenvalue weighted by molar-refractivity contribution is -0.139. The molecule has 0 aliphatic rings. The van der Waals surface area contributed by atoms with Crippen molar-refractivity contribution in [3.05, 3.63) is 42.5 Å². The van der Waals surface area contributed by atoms with Crippen LogP contribution >= 0.6 is 0 Å². The van der Waals surface area contributed by atoms with Gasteiger partial charge in [0.1, 0.15) is 6.54 Å². The molecule has 0 bridgehead atoms. The van der Waals surface area contributed by atoms with E-state index in [1.165, 1.54) is 25.3 Å². The van der Waals surface area contributed by atoms with Crippen LogP contribution in [-0.4, -0.2) is 45.5 Å². The number of nitrogens with one attached hydrogen (secondary N) is 1. The van der Waals surface area contributed by atoms with Crippen molar-refractivity contribution in [2.45, 2.75) is 11.1 Å². The monoisotopic (exact) mass is 336 g/mol. The standard InChI is InChI=1S/C13H15F3N2O3S/c1-3-8-18(9-13(14,15)16)12(19)10-4-6-11(7-5-10)22(20,21)17-2/h3-7,17H,1,8-9H2,2H3. The van der Waals surface area contributed by atoms with E-state index in [9.17, 15) is 26.4 Å². The van der Waals surface area contributed by atoms with Crippen LogP contribution in [0.25, 0.3) is 0 Å². The molecule has 1 amide bonds. The molecule has 0 aliphatic heterocycles. The Labute approximate surface area is 126 Å². The second kappa shape index (κ2) is 6.93. The molecule has 1 rings (SSSR count). The molecule has 0 spiro atoms. The molecule has 0 radical (unpaired) electrons. The summed E-state index contributed by atoms with van der Waals surface area (Å²) in [5, 5.41) is 0. The Balaban J connectivity index is 3.02. The van der Waals surface area contributed by atoms with Crippen LogP contribution in [0.2, 0.25) is 0 Å². The normalized spacial score (nSPS) is 12.0. The summed E-state index contributed by atoms with van der Waals surface area (Å²) in [6.45, 7) is 1.64. The maximum absolute atomic E-state index is 12.5. The number of nitrogens with zero attached hydrogens (tertiary/aromatic N) is 1. The van der Waals surface area contributed by atoms with Crippen molar-refractivity contribution in [2.75, 3.05) is 20.1 Å². The number of hydrogen-bond acceptors (Lipinski definition) is 3. The number of carbonyl (C=O) groups excluding carboxylic acids is 1. The summed E-state index contributed by atoms with van der Waals surface area (Å²) in [6.07, 6.45) is -3.35. The van der Waals surface area contributed by atoms with Crippen molar-refractivity contribution in [3.63, 3.8) is 0 Å². The Morgan fingerprint density at radius 1 is 1.32 bits per heavy atom. The van der Waals surface area contributed by atoms with Crippen LogP contribution in [0, 0.1) is 0 Å². The van der Waals surface area contributed by atoms with E-state index in [1.54, 1.807) is 0 Å². The third kappa shape index (κ3) is 4.85. The van der Waals surface area contributed by atoms with E-state index in [0.717, 1.165) is 12.1 Å². The molecule has 0 atom stereocenters. The van der Waals surface area contributed by atoms with Crippen molar-refractivity contribution < 1.29 is 26.4 Å². The average Bonchev–Trinajstić information content (AvgIpc) is 2.45. The van der Waals surface area contributed by atoms with Gasteiger partial charge in [0.15, 0.2) is 0 Å². The van der Waals surface area contributed by atoms with Crippen molar-refractivity contribution >= 4 is 15.9 Å². The number of rotatable bonds is 6. The first-order chi connectivity index (χ1) is 10.1. The minimum Gasteiger partial charge on any atom is -0.326 e. The Morgan fingerprint density at radius 2 is 1.86 bits per heavy atom. The van der Waals surface area contributed by atoms with Crippen LogP contribution in [0.4, 0.5) is 13.2 Å². The van der Waals surface area contributed by atoms with Gasteiger partial charge in [-0.25, -0.2) is 13.1 Å². The molecule has 122 valence electrons. The SMILES string of the molecule is C=CCN(CC(F)(F)F)C(=O)c1ccc(S(=O)(=O)NC)cc1. The molecular weight excluding hydrogens is 321 g/mol. The van der Waals surface area contributed by atoms with Crippen LogP contribution in [0.15, 0.2) is 41.8 Å². The van der Waals surface area contributed by atoms with Crippen LogP contribution in [0.5, 0.6) is 0 Å². The number of alkyl halides is 3. The lowest BCUT2D eigenvalue weighted by atomic mass is 10.2. The first-order valence-corrected chi connectivity index (χ1v) is 7.59. The molecule has 1 aromatic carbocycles. The molecular formula is C13H15F3N2O3S. The fourth-order valence-electron chi connectivity index (χ4n) is 1.67. The Morgan fingerprint density at radius 3 is 2.27 bits per heavy atom. The van der Waals surface area contributed by atoms with E-state index in [2.05, 4.69) is 11.3 Å². The van der Waals surface area contributed by atoms with Gasteiger partial charge in [-0.1, -0.05) is 6.08 Å². The van der Waals surface area contributed by atoms with Gasteiger partial charge in [0, 0.05) is 12.1 Å². The highest BCUT2D eigenvalue weighted by Crippen LogP contribution is 2.19. The summed E-state index contributed by atoms with van der Waals surface area (Å²) in [7, 11) is -2.45.